The van der Waals surface area contributed by atoms with E-state index in [0.717, 1.165) is 56.3 Å². The second-order valence-electron chi connectivity index (χ2n) is 17.6. The summed E-state index contributed by atoms with van der Waals surface area (Å²) >= 11 is 0. The van der Waals surface area contributed by atoms with E-state index in [1.54, 1.807) is 36.4 Å². The van der Waals surface area contributed by atoms with Gasteiger partial charge in [0.15, 0.2) is 0 Å². The number of H-pyrrole nitrogens is 2. The topological polar surface area (TPSA) is 212 Å². The van der Waals surface area contributed by atoms with Gasteiger partial charge in [-0.15, -0.1) is 0 Å². The quantitative estimate of drug-likeness (QED) is 0.114. The number of alkyl carbamates (subject to hydrolysis) is 2. The molecule has 2 saturated heterocycles. The van der Waals surface area contributed by atoms with Gasteiger partial charge in [0.1, 0.15) is 48.4 Å². The molecule has 0 spiro atoms. The Balaban J connectivity index is 1.04. The first-order valence-corrected chi connectivity index (χ1v) is 21.9. The lowest BCUT2D eigenvalue weighted by atomic mass is 9.87. The van der Waals surface area contributed by atoms with Crippen LogP contribution in [0.2, 0.25) is 0 Å². The van der Waals surface area contributed by atoms with E-state index < -0.39 is 24.3 Å². The molecule has 0 saturated carbocycles. The van der Waals surface area contributed by atoms with Gasteiger partial charge in [0.05, 0.1) is 75.4 Å². The van der Waals surface area contributed by atoms with Crippen molar-refractivity contribution in [2.24, 2.45) is 11.8 Å². The van der Waals surface area contributed by atoms with E-state index in [1.165, 1.54) is 14.2 Å². The Labute approximate surface area is 372 Å². The lowest BCUT2D eigenvalue weighted by Crippen LogP contribution is -2.53. The van der Waals surface area contributed by atoms with Gasteiger partial charge >= 0.3 is 12.2 Å². The number of likely N-dealkylation sites (tertiary alicyclic amines) is 2. The number of carbonyl (C=O) groups excluding carboxylic acids is 4. The van der Waals surface area contributed by atoms with Gasteiger partial charge in [0, 0.05) is 47.6 Å². The van der Waals surface area contributed by atoms with Crippen molar-refractivity contribution in [1.82, 2.24) is 40.4 Å². The van der Waals surface area contributed by atoms with Crippen molar-refractivity contribution in [2.45, 2.75) is 103 Å². The highest BCUT2D eigenvalue weighted by molar-refractivity contribution is 5.89. The number of aromatic amines is 2. The third-order valence-corrected chi connectivity index (χ3v) is 12.8. The molecule has 4 N–H and O–H groups in total. The van der Waals surface area contributed by atoms with Crippen LogP contribution in [-0.4, -0.2) is 120 Å². The fraction of sp³-hybridized carbons (Fsp3) is 0.522. The van der Waals surface area contributed by atoms with E-state index in [2.05, 4.69) is 32.7 Å². The van der Waals surface area contributed by atoms with E-state index >= 15 is 0 Å². The van der Waals surface area contributed by atoms with Crippen molar-refractivity contribution in [3.8, 4) is 45.1 Å². The Bertz CT molecular complexity index is 2180. The lowest BCUT2D eigenvalue weighted by molar-refractivity contribution is -0.139. The third-order valence-electron chi connectivity index (χ3n) is 12.8. The predicted octanol–water partition coefficient (Wildman–Crippen LogP) is 6.04. The molecule has 4 amide bonds. The summed E-state index contributed by atoms with van der Waals surface area (Å²) in [7, 11) is 5.79. The minimum Gasteiger partial charge on any atom is -0.488 e. The SMILES string of the molecule is COC[C@H]1CC[C@@H](c2ncc(-c3cc4c5c(c3)OCc3cc(-c6cnc([C@@H]7CC[C@H](COC)N7C(=O)[C@@H](NC(=O)OC)C(C)C)[nH]6)cc(c3-5)OC4)[nH]2)N1C(=O)[C@@H](NC(=O)OC)C(C)C. The number of hydrogen-bond donors (Lipinski definition) is 4. The van der Waals surface area contributed by atoms with E-state index in [1.807, 2.05) is 39.8 Å². The number of rotatable bonds is 14. The average Bonchev–Trinajstić information content (AvgIpc) is 4.12. The summed E-state index contributed by atoms with van der Waals surface area (Å²) in [5.74, 6) is 1.97. The van der Waals surface area contributed by atoms with E-state index in [9.17, 15) is 19.2 Å². The van der Waals surface area contributed by atoms with Crippen molar-refractivity contribution in [2.75, 3.05) is 41.7 Å². The maximum atomic E-state index is 14.1. The number of imidazole rings is 2. The molecule has 64 heavy (non-hydrogen) atoms. The summed E-state index contributed by atoms with van der Waals surface area (Å²) < 4.78 is 33.6. The Kier molecular flexibility index (Phi) is 12.9. The monoisotopic (exact) mass is 882 g/mol. The van der Waals surface area contributed by atoms with Crippen LogP contribution in [0.25, 0.3) is 33.6 Å². The summed E-state index contributed by atoms with van der Waals surface area (Å²) in [6.45, 7) is 8.88. The van der Waals surface area contributed by atoms with Crippen molar-refractivity contribution < 1.29 is 47.6 Å². The maximum Gasteiger partial charge on any atom is 0.407 e. The van der Waals surface area contributed by atoms with Crippen LogP contribution in [0.1, 0.15) is 88.2 Å². The van der Waals surface area contributed by atoms with Crippen LogP contribution in [-0.2, 0) is 41.8 Å². The summed E-state index contributed by atoms with van der Waals surface area (Å²) in [6, 6.07) is 5.53. The second-order valence-corrected chi connectivity index (χ2v) is 17.6. The molecule has 18 heteroatoms. The molecule has 4 aliphatic rings. The van der Waals surface area contributed by atoms with Crippen molar-refractivity contribution in [1.29, 1.82) is 0 Å². The molecule has 0 radical (unpaired) electrons. The molecule has 2 aromatic heterocycles. The predicted molar refractivity (Wildman–Crippen MR) is 233 cm³/mol. The molecule has 8 rings (SSSR count). The number of carbonyl (C=O) groups is 4. The molecular formula is C46H58N8O10. The third kappa shape index (κ3) is 8.35. The number of nitrogens with one attached hydrogen (secondary N) is 4. The lowest BCUT2D eigenvalue weighted by Gasteiger charge is -2.34. The highest BCUT2D eigenvalue weighted by Gasteiger charge is 2.45. The van der Waals surface area contributed by atoms with Gasteiger partial charge in [-0.05, 0) is 61.8 Å². The van der Waals surface area contributed by atoms with Crippen molar-refractivity contribution >= 4 is 24.0 Å². The van der Waals surface area contributed by atoms with Crippen LogP contribution in [0.5, 0.6) is 11.5 Å². The van der Waals surface area contributed by atoms with E-state index in [4.69, 9.17) is 38.4 Å². The summed E-state index contributed by atoms with van der Waals surface area (Å²) in [5, 5.41) is 5.45. The van der Waals surface area contributed by atoms with Gasteiger partial charge in [-0.1, -0.05) is 27.7 Å². The van der Waals surface area contributed by atoms with Gasteiger partial charge in [-0.3, -0.25) is 9.59 Å². The van der Waals surface area contributed by atoms with E-state index in [0.29, 0.717) is 63.8 Å². The van der Waals surface area contributed by atoms with Gasteiger partial charge < -0.3 is 58.8 Å². The first-order valence-electron chi connectivity index (χ1n) is 21.9. The Hall–Kier alpha value is -6.14. The smallest absolute Gasteiger partial charge is 0.407 e. The number of methoxy groups -OCH3 is 4. The first kappa shape index (κ1) is 44.5. The zero-order valence-corrected chi connectivity index (χ0v) is 37.6. The number of amides is 4. The summed E-state index contributed by atoms with van der Waals surface area (Å²) in [6.07, 6.45) is 5.01. The Morgan fingerprint density at radius 3 is 1.42 bits per heavy atom. The van der Waals surface area contributed by atoms with Gasteiger partial charge in [0.2, 0.25) is 11.8 Å². The van der Waals surface area contributed by atoms with Crippen LogP contribution >= 0.6 is 0 Å². The van der Waals surface area contributed by atoms with Crippen LogP contribution in [0.3, 0.4) is 0 Å². The number of ether oxygens (including phenoxy) is 6. The zero-order chi connectivity index (χ0) is 45.4. The standard InChI is InChI=1S/C46H58N8O10/c1-23(2)39(51-45(57)61-7)43(55)53-29(21-59-5)9-11-33(53)41-47-17-31(49-41)25-13-27-19-64-36-16-26(14-28-20-63-35(15-25)37(27)38(28)36)32-18-48-42(50-32)34-12-10-30(22-60-6)54(34)44(56)40(24(3)4)52-46(58)62-8/h13-18,23-24,29-30,33-34,39-40H,9-12,19-22H2,1-8H3,(H,47,49)(H,48,50)(H,51,57)(H,52,58)/t29-,30-,33+,34+,39+,40+/m1/s1. The normalized spacial score (nSPS) is 20.7. The summed E-state index contributed by atoms with van der Waals surface area (Å²) in [4.78, 5) is 72.9. The molecule has 342 valence electrons. The Morgan fingerprint density at radius 2 is 1.06 bits per heavy atom. The minimum absolute atomic E-state index is 0.183. The van der Waals surface area contributed by atoms with Crippen LogP contribution < -0.4 is 20.1 Å². The number of hydrogen-bond acceptors (Lipinski definition) is 12. The molecule has 0 aliphatic carbocycles. The summed E-state index contributed by atoms with van der Waals surface area (Å²) in [5.41, 5.74) is 7.19. The fourth-order valence-corrected chi connectivity index (χ4v) is 9.70. The minimum atomic E-state index is -0.787. The van der Waals surface area contributed by atoms with Crippen LogP contribution in [0.4, 0.5) is 9.59 Å². The van der Waals surface area contributed by atoms with E-state index in [-0.39, 0.29) is 47.8 Å². The molecule has 0 unspecified atom stereocenters. The largest absolute Gasteiger partial charge is 0.488 e. The van der Waals surface area contributed by atoms with Crippen molar-refractivity contribution in [3.63, 3.8) is 0 Å². The maximum absolute atomic E-state index is 14.1. The van der Waals surface area contributed by atoms with Crippen molar-refractivity contribution in [3.05, 3.63) is 59.4 Å². The van der Waals surface area contributed by atoms with Crippen LogP contribution in [0, 0.1) is 11.8 Å². The fourth-order valence-electron chi connectivity index (χ4n) is 9.70. The first-order chi connectivity index (χ1) is 30.8. The highest BCUT2D eigenvalue weighted by atomic mass is 16.5. The van der Waals surface area contributed by atoms with Gasteiger partial charge in [-0.2, -0.15) is 0 Å². The number of nitrogens with zero attached hydrogens (tertiary/aromatic N) is 4. The number of benzene rings is 2. The second kappa shape index (κ2) is 18.5. The molecule has 0 bridgehead atoms. The van der Waals surface area contributed by atoms with Crippen LogP contribution in [0.15, 0.2) is 36.7 Å². The Morgan fingerprint density at radius 1 is 0.656 bits per heavy atom. The molecule has 4 aromatic rings. The molecule has 18 nitrogen and oxygen atoms in total. The molecule has 6 heterocycles. The molecule has 4 aliphatic heterocycles. The molecule has 2 aromatic carbocycles. The highest BCUT2D eigenvalue weighted by Crippen LogP contribution is 2.51. The van der Waals surface area contributed by atoms with Gasteiger partial charge in [-0.25, -0.2) is 19.6 Å². The molecule has 2 fully saturated rings. The molecular weight excluding hydrogens is 825 g/mol. The number of aromatic nitrogens is 4. The zero-order valence-electron chi connectivity index (χ0n) is 37.6. The molecule has 6 atom stereocenters. The average molecular weight is 883 g/mol. The van der Waals surface area contributed by atoms with Gasteiger partial charge in [0.25, 0.3) is 0 Å².